The SMILES string of the molecule is CCCOc1ccc(NC(=O)[C@@H](C)N)cc1Cl. The van der Waals surface area contributed by atoms with Gasteiger partial charge in [0.2, 0.25) is 5.91 Å². The first-order valence-corrected chi connectivity index (χ1v) is 5.91. The second kappa shape index (κ2) is 6.47. The minimum atomic E-state index is -0.551. The van der Waals surface area contributed by atoms with Crippen LogP contribution in [0.15, 0.2) is 18.2 Å². The lowest BCUT2D eigenvalue weighted by Crippen LogP contribution is -2.32. The summed E-state index contributed by atoms with van der Waals surface area (Å²) >= 11 is 6.02. The van der Waals surface area contributed by atoms with E-state index in [2.05, 4.69) is 5.32 Å². The van der Waals surface area contributed by atoms with Crippen molar-refractivity contribution < 1.29 is 9.53 Å². The van der Waals surface area contributed by atoms with Gasteiger partial charge in [-0.3, -0.25) is 4.79 Å². The van der Waals surface area contributed by atoms with Gasteiger partial charge in [0.05, 0.1) is 17.7 Å². The Hall–Kier alpha value is -1.26. The number of hydrogen-bond acceptors (Lipinski definition) is 3. The van der Waals surface area contributed by atoms with E-state index >= 15 is 0 Å². The van der Waals surface area contributed by atoms with Crippen LogP contribution >= 0.6 is 11.6 Å². The molecular formula is C12H17ClN2O2. The molecule has 1 rings (SSSR count). The number of ether oxygens (including phenoxy) is 1. The molecule has 0 heterocycles. The molecule has 0 saturated heterocycles. The van der Waals surface area contributed by atoms with E-state index in [1.54, 1.807) is 25.1 Å². The van der Waals surface area contributed by atoms with Gasteiger partial charge in [-0.05, 0) is 31.5 Å². The predicted molar refractivity (Wildman–Crippen MR) is 69.5 cm³/mol. The third-order valence-electron chi connectivity index (χ3n) is 2.07. The van der Waals surface area contributed by atoms with Crippen molar-refractivity contribution in [3.05, 3.63) is 23.2 Å². The van der Waals surface area contributed by atoms with Gasteiger partial charge in [0.15, 0.2) is 0 Å². The predicted octanol–water partition coefficient (Wildman–Crippen LogP) is 2.41. The van der Waals surface area contributed by atoms with Gasteiger partial charge in [-0.1, -0.05) is 18.5 Å². The van der Waals surface area contributed by atoms with Crippen LogP contribution in [0.1, 0.15) is 20.3 Å². The molecule has 0 aliphatic rings. The van der Waals surface area contributed by atoms with Crippen LogP contribution in [-0.4, -0.2) is 18.6 Å². The quantitative estimate of drug-likeness (QED) is 0.850. The van der Waals surface area contributed by atoms with E-state index in [4.69, 9.17) is 22.1 Å². The molecule has 1 aromatic rings. The Morgan fingerprint density at radius 2 is 2.29 bits per heavy atom. The molecule has 1 amide bonds. The van der Waals surface area contributed by atoms with E-state index in [-0.39, 0.29) is 5.91 Å². The molecule has 1 aromatic carbocycles. The van der Waals surface area contributed by atoms with Crippen LogP contribution in [0.4, 0.5) is 5.69 Å². The Labute approximate surface area is 106 Å². The second-order valence-electron chi connectivity index (χ2n) is 3.77. The highest BCUT2D eigenvalue weighted by Gasteiger charge is 2.09. The smallest absolute Gasteiger partial charge is 0.240 e. The molecule has 0 spiro atoms. The molecule has 0 unspecified atom stereocenters. The van der Waals surface area contributed by atoms with Gasteiger partial charge in [0.25, 0.3) is 0 Å². The molecule has 3 N–H and O–H groups in total. The fourth-order valence-corrected chi connectivity index (χ4v) is 1.40. The van der Waals surface area contributed by atoms with Gasteiger partial charge in [-0.2, -0.15) is 0 Å². The molecule has 0 aromatic heterocycles. The number of carbonyl (C=O) groups excluding carboxylic acids is 1. The highest BCUT2D eigenvalue weighted by atomic mass is 35.5. The largest absolute Gasteiger partial charge is 0.492 e. The van der Waals surface area contributed by atoms with Gasteiger partial charge in [0, 0.05) is 5.69 Å². The van der Waals surface area contributed by atoms with Crippen molar-refractivity contribution in [2.75, 3.05) is 11.9 Å². The first kappa shape index (κ1) is 13.8. The van der Waals surface area contributed by atoms with Crippen molar-refractivity contribution in [3.8, 4) is 5.75 Å². The lowest BCUT2D eigenvalue weighted by atomic mass is 10.2. The lowest BCUT2D eigenvalue weighted by molar-refractivity contribution is -0.117. The van der Waals surface area contributed by atoms with Crippen LogP contribution in [0.3, 0.4) is 0 Å². The summed E-state index contributed by atoms with van der Waals surface area (Å²) in [7, 11) is 0. The normalized spacial score (nSPS) is 12.0. The molecule has 0 aliphatic heterocycles. The number of anilines is 1. The number of hydrogen-bond donors (Lipinski definition) is 2. The highest BCUT2D eigenvalue weighted by Crippen LogP contribution is 2.27. The topological polar surface area (TPSA) is 64.3 Å². The fraction of sp³-hybridized carbons (Fsp3) is 0.417. The molecule has 0 bridgehead atoms. The summed E-state index contributed by atoms with van der Waals surface area (Å²) in [4.78, 5) is 11.4. The highest BCUT2D eigenvalue weighted by molar-refractivity contribution is 6.32. The van der Waals surface area contributed by atoms with Crippen molar-refractivity contribution in [1.82, 2.24) is 0 Å². The first-order valence-electron chi connectivity index (χ1n) is 5.53. The zero-order chi connectivity index (χ0) is 12.8. The fourth-order valence-electron chi connectivity index (χ4n) is 1.16. The monoisotopic (exact) mass is 256 g/mol. The number of halogens is 1. The van der Waals surface area contributed by atoms with Crippen LogP contribution in [0.5, 0.6) is 5.75 Å². The number of amides is 1. The summed E-state index contributed by atoms with van der Waals surface area (Å²) < 4.78 is 5.42. The number of rotatable bonds is 5. The summed E-state index contributed by atoms with van der Waals surface area (Å²) in [6.07, 6.45) is 0.916. The molecule has 1 atom stereocenters. The van der Waals surface area contributed by atoms with Crippen molar-refractivity contribution in [2.24, 2.45) is 5.73 Å². The maximum absolute atomic E-state index is 11.4. The molecule has 0 aliphatic carbocycles. The maximum atomic E-state index is 11.4. The van der Waals surface area contributed by atoms with Gasteiger partial charge >= 0.3 is 0 Å². The first-order chi connectivity index (χ1) is 8.04. The molecule has 17 heavy (non-hydrogen) atoms. The zero-order valence-electron chi connectivity index (χ0n) is 10.00. The Morgan fingerprint density at radius 3 is 2.82 bits per heavy atom. The van der Waals surface area contributed by atoms with Crippen LogP contribution < -0.4 is 15.8 Å². The Bertz CT molecular complexity index is 394. The van der Waals surface area contributed by atoms with Gasteiger partial charge in [0.1, 0.15) is 5.75 Å². The van der Waals surface area contributed by atoms with E-state index in [1.807, 2.05) is 6.92 Å². The summed E-state index contributed by atoms with van der Waals surface area (Å²) in [5.74, 6) is 0.371. The molecule has 4 nitrogen and oxygen atoms in total. The Kier molecular flexibility index (Phi) is 5.25. The maximum Gasteiger partial charge on any atom is 0.240 e. The average Bonchev–Trinajstić information content (AvgIpc) is 2.28. The zero-order valence-corrected chi connectivity index (χ0v) is 10.8. The van der Waals surface area contributed by atoms with Crippen molar-refractivity contribution in [3.63, 3.8) is 0 Å². The molecule has 0 fully saturated rings. The minimum absolute atomic E-state index is 0.247. The molecule has 5 heteroatoms. The van der Waals surface area contributed by atoms with E-state index in [0.29, 0.717) is 23.1 Å². The van der Waals surface area contributed by atoms with E-state index in [1.165, 1.54) is 0 Å². The third kappa shape index (κ3) is 4.24. The van der Waals surface area contributed by atoms with Crippen molar-refractivity contribution in [2.45, 2.75) is 26.3 Å². The summed E-state index contributed by atoms with van der Waals surface area (Å²) in [6.45, 7) is 4.26. The summed E-state index contributed by atoms with van der Waals surface area (Å²) in [5.41, 5.74) is 6.06. The van der Waals surface area contributed by atoms with Crippen LogP contribution in [0.2, 0.25) is 5.02 Å². The van der Waals surface area contributed by atoms with E-state index in [0.717, 1.165) is 6.42 Å². The van der Waals surface area contributed by atoms with E-state index in [9.17, 15) is 4.79 Å². The Balaban J connectivity index is 2.71. The number of nitrogens with one attached hydrogen (secondary N) is 1. The number of benzene rings is 1. The van der Waals surface area contributed by atoms with Crippen LogP contribution in [-0.2, 0) is 4.79 Å². The van der Waals surface area contributed by atoms with Crippen molar-refractivity contribution >= 4 is 23.2 Å². The molecule has 0 radical (unpaired) electrons. The van der Waals surface area contributed by atoms with Gasteiger partial charge in [-0.15, -0.1) is 0 Å². The number of nitrogens with two attached hydrogens (primary N) is 1. The summed E-state index contributed by atoms with van der Waals surface area (Å²) in [6, 6.07) is 4.56. The van der Waals surface area contributed by atoms with E-state index < -0.39 is 6.04 Å². The van der Waals surface area contributed by atoms with Crippen LogP contribution in [0, 0.1) is 0 Å². The van der Waals surface area contributed by atoms with Crippen molar-refractivity contribution in [1.29, 1.82) is 0 Å². The molecule has 94 valence electrons. The van der Waals surface area contributed by atoms with Crippen LogP contribution in [0.25, 0.3) is 0 Å². The van der Waals surface area contributed by atoms with Gasteiger partial charge in [-0.25, -0.2) is 0 Å². The molecule has 0 saturated carbocycles. The average molecular weight is 257 g/mol. The Morgan fingerprint density at radius 1 is 1.59 bits per heavy atom. The third-order valence-corrected chi connectivity index (χ3v) is 2.37. The lowest BCUT2D eigenvalue weighted by Gasteiger charge is -2.10. The number of carbonyl (C=O) groups is 1. The minimum Gasteiger partial charge on any atom is -0.492 e. The second-order valence-corrected chi connectivity index (χ2v) is 4.18. The summed E-state index contributed by atoms with van der Waals surface area (Å²) in [5, 5.41) is 3.13. The molecular weight excluding hydrogens is 240 g/mol. The standard InChI is InChI=1S/C12H17ClN2O2/c1-3-6-17-11-5-4-9(7-10(11)13)15-12(16)8(2)14/h4-5,7-8H,3,6,14H2,1-2H3,(H,15,16)/t8-/m1/s1. The van der Waals surface area contributed by atoms with Gasteiger partial charge < -0.3 is 15.8 Å².